The van der Waals surface area contributed by atoms with Crippen molar-refractivity contribution >= 4 is 34.8 Å². The van der Waals surface area contributed by atoms with E-state index in [0.29, 0.717) is 23.8 Å². The highest BCUT2D eigenvalue weighted by atomic mass is 35.5. The number of phenolic OH excluding ortho intramolecular Hbond substituents is 1. The summed E-state index contributed by atoms with van der Waals surface area (Å²) in [6.45, 7) is 2.33. The molecule has 0 bridgehead atoms. The lowest BCUT2D eigenvalue weighted by atomic mass is 10.3. The molecule has 6 heteroatoms. The van der Waals surface area contributed by atoms with Crippen molar-refractivity contribution in [3.05, 3.63) is 51.5 Å². The van der Waals surface area contributed by atoms with Crippen molar-refractivity contribution in [2.75, 3.05) is 6.61 Å². The third-order valence-electron chi connectivity index (χ3n) is 2.90. The molecule has 2 aromatic rings. The summed E-state index contributed by atoms with van der Waals surface area (Å²) in [5, 5.41) is 10.6. The van der Waals surface area contributed by atoms with Crippen molar-refractivity contribution in [1.29, 1.82) is 0 Å². The first-order valence-corrected chi connectivity index (χ1v) is 7.82. The van der Waals surface area contributed by atoms with E-state index in [1.165, 1.54) is 12.1 Å². The summed E-state index contributed by atoms with van der Waals surface area (Å²) in [6, 6.07) is 9.94. The molecular weight excluding hydrogens is 347 g/mol. The second kappa shape index (κ2) is 7.82. The van der Waals surface area contributed by atoms with E-state index in [1.54, 1.807) is 12.1 Å². The summed E-state index contributed by atoms with van der Waals surface area (Å²) in [4.78, 5) is 0. The predicted octanol–water partition coefficient (Wildman–Crippen LogP) is 5.59. The molecule has 0 radical (unpaired) electrons. The highest BCUT2D eigenvalue weighted by Crippen LogP contribution is 2.36. The topological polar surface area (TPSA) is 38.7 Å². The van der Waals surface area contributed by atoms with Gasteiger partial charge in [-0.3, -0.25) is 0 Å². The number of ether oxygens (including phenoxy) is 2. The molecule has 0 saturated heterocycles. The lowest BCUT2D eigenvalue weighted by Crippen LogP contribution is -2.16. The van der Waals surface area contributed by atoms with E-state index in [-0.39, 0.29) is 21.9 Å². The second-order valence-electron chi connectivity index (χ2n) is 4.76. The number of hydrogen-bond donors (Lipinski definition) is 1. The molecule has 3 nitrogen and oxygen atoms in total. The monoisotopic (exact) mass is 360 g/mol. The van der Waals surface area contributed by atoms with E-state index in [9.17, 15) is 5.11 Å². The van der Waals surface area contributed by atoms with Gasteiger partial charge >= 0.3 is 0 Å². The Morgan fingerprint density at radius 2 is 1.64 bits per heavy atom. The molecule has 0 saturated carbocycles. The zero-order valence-corrected chi connectivity index (χ0v) is 14.1. The largest absolute Gasteiger partial charge is 0.508 e. The lowest BCUT2D eigenvalue weighted by molar-refractivity contribution is 0.177. The van der Waals surface area contributed by atoms with Crippen molar-refractivity contribution < 1.29 is 14.6 Å². The van der Waals surface area contributed by atoms with Crippen molar-refractivity contribution in [3.8, 4) is 17.2 Å². The lowest BCUT2D eigenvalue weighted by Gasteiger charge is -2.16. The zero-order valence-electron chi connectivity index (χ0n) is 11.9. The molecule has 2 rings (SSSR count). The van der Waals surface area contributed by atoms with Crippen molar-refractivity contribution in [3.63, 3.8) is 0 Å². The minimum Gasteiger partial charge on any atom is -0.508 e. The van der Waals surface area contributed by atoms with Crippen LogP contribution in [0.3, 0.4) is 0 Å². The zero-order chi connectivity index (χ0) is 16.1. The molecule has 0 aliphatic carbocycles. The number of halogens is 3. The number of phenols is 1. The quantitative estimate of drug-likeness (QED) is 0.729. The maximum absolute atomic E-state index is 9.36. The Bertz CT molecular complexity index is 606. The Labute approximate surface area is 144 Å². The Kier molecular flexibility index (Phi) is 6.07. The first-order valence-electron chi connectivity index (χ1n) is 6.68. The molecule has 118 valence electrons. The smallest absolute Gasteiger partial charge is 0.156 e. The Balaban J connectivity index is 1.84. The number of benzene rings is 2. The molecule has 0 fully saturated rings. The maximum atomic E-state index is 9.36. The molecule has 0 aliphatic rings. The molecule has 22 heavy (non-hydrogen) atoms. The average Bonchev–Trinajstić information content (AvgIpc) is 2.44. The Morgan fingerprint density at radius 1 is 1.05 bits per heavy atom. The van der Waals surface area contributed by atoms with Gasteiger partial charge in [0, 0.05) is 23.6 Å². The van der Waals surface area contributed by atoms with Gasteiger partial charge in [0.1, 0.15) is 11.5 Å². The van der Waals surface area contributed by atoms with E-state index >= 15 is 0 Å². The minimum atomic E-state index is -0.0455. The number of hydrogen-bond acceptors (Lipinski definition) is 3. The van der Waals surface area contributed by atoms with E-state index in [4.69, 9.17) is 44.3 Å². The van der Waals surface area contributed by atoms with Gasteiger partial charge in [0.25, 0.3) is 0 Å². The predicted molar refractivity (Wildman–Crippen MR) is 89.8 cm³/mol. The molecule has 0 amide bonds. The van der Waals surface area contributed by atoms with Gasteiger partial charge < -0.3 is 14.6 Å². The van der Waals surface area contributed by atoms with Gasteiger partial charge in [-0.25, -0.2) is 0 Å². The third-order valence-corrected chi connectivity index (χ3v) is 3.72. The van der Waals surface area contributed by atoms with Crippen LogP contribution in [-0.2, 0) is 0 Å². The first kappa shape index (κ1) is 17.1. The standard InChI is InChI=1S/C16H15Cl3O3/c1-10(22-13-4-2-11(17)3-5-13)6-7-21-16-14(18)8-12(20)9-15(16)19/h2-5,8-10,20H,6-7H2,1H3. The van der Waals surface area contributed by atoms with Crippen LogP contribution in [0.15, 0.2) is 36.4 Å². The molecule has 0 spiro atoms. The van der Waals surface area contributed by atoms with E-state index in [1.807, 2.05) is 19.1 Å². The normalized spacial score (nSPS) is 12.0. The molecule has 0 aromatic heterocycles. The van der Waals surface area contributed by atoms with Crippen molar-refractivity contribution in [1.82, 2.24) is 0 Å². The summed E-state index contributed by atoms with van der Waals surface area (Å²) < 4.78 is 11.3. The maximum Gasteiger partial charge on any atom is 0.156 e. The highest BCUT2D eigenvalue weighted by Gasteiger charge is 2.11. The van der Waals surface area contributed by atoms with Crippen LogP contribution in [0.5, 0.6) is 17.2 Å². The van der Waals surface area contributed by atoms with Crippen molar-refractivity contribution in [2.24, 2.45) is 0 Å². The van der Waals surface area contributed by atoms with E-state index in [2.05, 4.69) is 0 Å². The number of rotatable bonds is 6. The van der Waals surface area contributed by atoms with Crippen LogP contribution in [-0.4, -0.2) is 17.8 Å². The second-order valence-corrected chi connectivity index (χ2v) is 6.01. The molecule has 0 aliphatic heterocycles. The summed E-state index contributed by atoms with van der Waals surface area (Å²) in [5.41, 5.74) is 0. The molecule has 1 unspecified atom stereocenters. The van der Waals surface area contributed by atoms with Gasteiger partial charge in [-0.1, -0.05) is 34.8 Å². The average molecular weight is 362 g/mol. The van der Waals surface area contributed by atoms with Gasteiger partial charge in [-0.15, -0.1) is 0 Å². The van der Waals surface area contributed by atoms with Crippen LogP contribution in [0.25, 0.3) is 0 Å². The van der Waals surface area contributed by atoms with Crippen LogP contribution in [0.1, 0.15) is 13.3 Å². The van der Waals surface area contributed by atoms with Crippen LogP contribution < -0.4 is 9.47 Å². The van der Waals surface area contributed by atoms with Crippen LogP contribution in [0, 0.1) is 0 Å². The van der Waals surface area contributed by atoms with E-state index < -0.39 is 0 Å². The van der Waals surface area contributed by atoms with Gasteiger partial charge in [0.2, 0.25) is 0 Å². The van der Waals surface area contributed by atoms with E-state index in [0.717, 1.165) is 5.75 Å². The van der Waals surface area contributed by atoms with Crippen LogP contribution in [0.4, 0.5) is 0 Å². The SMILES string of the molecule is CC(CCOc1c(Cl)cc(O)cc1Cl)Oc1ccc(Cl)cc1. The highest BCUT2D eigenvalue weighted by molar-refractivity contribution is 6.37. The number of aromatic hydroxyl groups is 1. The van der Waals surface area contributed by atoms with Gasteiger partial charge in [-0.2, -0.15) is 0 Å². The van der Waals surface area contributed by atoms with Gasteiger partial charge in [0.05, 0.1) is 22.8 Å². The molecule has 1 N–H and O–H groups in total. The third kappa shape index (κ3) is 4.87. The molecule has 1 atom stereocenters. The minimum absolute atomic E-state index is 0.00166. The Morgan fingerprint density at radius 3 is 2.23 bits per heavy atom. The summed E-state index contributed by atoms with van der Waals surface area (Å²) in [6.07, 6.45) is 0.603. The van der Waals surface area contributed by atoms with Crippen LogP contribution >= 0.6 is 34.8 Å². The van der Waals surface area contributed by atoms with Crippen LogP contribution in [0.2, 0.25) is 15.1 Å². The molecule has 2 aromatic carbocycles. The summed E-state index contributed by atoms with van der Waals surface area (Å²) in [7, 11) is 0. The molecular formula is C16H15Cl3O3. The Hall–Kier alpha value is -1.29. The van der Waals surface area contributed by atoms with Crippen molar-refractivity contribution in [2.45, 2.75) is 19.4 Å². The van der Waals surface area contributed by atoms with Gasteiger partial charge in [0.15, 0.2) is 5.75 Å². The van der Waals surface area contributed by atoms with Gasteiger partial charge in [-0.05, 0) is 31.2 Å². The fourth-order valence-electron chi connectivity index (χ4n) is 1.82. The molecule has 0 heterocycles. The summed E-state index contributed by atoms with van der Waals surface area (Å²) in [5.74, 6) is 1.11. The first-order chi connectivity index (χ1) is 10.5. The summed E-state index contributed by atoms with van der Waals surface area (Å²) >= 11 is 17.8. The fraction of sp³-hybridized carbons (Fsp3) is 0.250. The fourth-order valence-corrected chi connectivity index (χ4v) is 2.53.